The van der Waals surface area contributed by atoms with Crippen molar-refractivity contribution in [1.29, 1.82) is 0 Å². The molecule has 2 aliphatic rings. The Morgan fingerprint density at radius 3 is 2.19 bits per heavy atom. The Morgan fingerprint density at radius 1 is 0.938 bits per heavy atom. The van der Waals surface area contributed by atoms with Crippen molar-refractivity contribution >= 4 is 0 Å². The number of rotatable bonds is 3. The van der Waals surface area contributed by atoms with Crippen molar-refractivity contribution in [3.8, 4) is 0 Å². The van der Waals surface area contributed by atoms with Gasteiger partial charge in [-0.2, -0.15) is 0 Å². The molecule has 0 spiro atoms. The van der Waals surface area contributed by atoms with Crippen LogP contribution in [0.25, 0.3) is 0 Å². The van der Waals surface area contributed by atoms with Crippen molar-refractivity contribution in [3.63, 3.8) is 0 Å². The molecule has 0 amide bonds. The Labute approximate surface area is 101 Å². The van der Waals surface area contributed by atoms with Gasteiger partial charge in [0.25, 0.3) is 0 Å². The lowest BCUT2D eigenvalue weighted by Gasteiger charge is -2.35. The van der Waals surface area contributed by atoms with E-state index >= 15 is 0 Å². The average Bonchev–Trinajstić information content (AvgIpc) is 2.29. The summed E-state index contributed by atoms with van der Waals surface area (Å²) >= 11 is 0. The first kappa shape index (κ1) is 12.4. The first-order valence-electron chi connectivity index (χ1n) is 7.39. The highest BCUT2D eigenvalue weighted by molar-refractivity contribution is 4.82. The first-order chi connectivity index (χ1) is 7.66. The third-order valence-electron chi connectivity index (χ3n) is 4.76. The van der Waals surface area contributed by atoms with E-state index in [1.54, 1.807) is 0 Å². The van der Waals surface area contributed by atoms with Crippen LogP contribution in [-0.4, -0.2) is 12.6 Å². The monoisotopic (exact) mass is 223 g/mol. The molecule has 0 unspecified atom stereocenters. The fourth-order valence-corrected chi connectivity index (χ4v) is 3.33. The van der Waals surface area contributed by atoms with Crippen LogP contribution in [0.15, 0.2) is 0 Å². The van der Waals surface area contributed by atoms with Crippen LogP contribution in [0.2, 0.25) is 0 Å². The van der Waals surface area contributed by atoms with Gasteiger partial charge in [-0.1, -0.05) is 33.1 Å². The molecule has 16 heavy (non-hydrogen) atoms. The van der Waals surface area contributed by atoms with Crippen molar-refractivity contribution in [3.05, 3.63) is 0 Å². The van der Waals surface area contributed by atoms with E-state index in [-0.39, 0.29) is 0 Å². The van der Waals surface area contributed by atoms with Crippen molar-refractivity contribution in [2.24, 2.45) is 11.3 Å². The van der Waals surface area contributed by atoms with Gasteiger partial charge >= 0.3 is 0 Å². The van der Waals surface area contributed by atoms with Crippen LogP contribution < -0.4 is 5.32 Å². The Morgan fingerprint density at radius 2 is 1.56 bits per heavy atom. The summed E-state index contributed by atoms with van der Waals surface area (Å²) in [6, 6.07) is 0.829. The van der Waals surface area contributed by atoms with Crippen molar-refractivity contribution < 1.29 is 0 Å². The highest BCUT2D eigenvalue weighted by atomic mass is 14.9. The molecule has 1 nitrogen and oxygen atoms in total. The van der Waals surface area contributed by atoms with Gasteiger partial charge in [-0.25, -0.2) is 0 Å². The van der Waals surface area contributed by atoms with Crippen LogP contribution in [-0.2, 0) is 0 Å². The molecule has 0 heterocycles. The molecule has 0 bridgehead atoms. The third-order valence-corrected chi connectivity index (χ3v) is 4.76. The van der Waals surface area contributed by atoms with Crippen LogP contribution in [0, 0.1) is 11.3 Å². The Balaban J connectivity index is 1.63. The van der Waals surface area contributed by atoms with Gasteiger partial charge in [0, 0.05) is 6.04 Å². The quantitative estimate of drug-likeness (QED) is 0.758. The molecule has 94 valence electrons. The zero-order valence-corrected chi connectivity index (χ0v) is 11.2. The molecule has 1 heteroatoms. The predicted octanol–water partition coefficient (Wildman–Crippen LogP) is 4.13. The van der Waals surface area contributed by atoms with E-state index in [1.165, 1.54) is 64.3 Å². The number of nitrogens with one attached hydrogen (secondary N) is 1. The molecule has 0 atom stereocenters. The molecule has 2 aliphatic carbocycles. The molecule has 0 radical (unpaired) electrons. The van der Waals surface area contributed by atoms with Crippen molar-refractivity contribution in [2.75, 3.05) is 6.54 Å². The highest BCUT2D eigenvalue weighted by Gasteiger charge is 2.26. The molecular formula is C15H29N. The van der Waals surface area contributed by atoms with Crippen molar-refractivity contribution in [1.82, 2.24) is 5.32 Å². The minimum absolute atomic E-state index is 0.614. The fourth-order valence-electron chi connectivity index (χ4n) is 3.33. The molecule has 2 rings (SSSR count). The van der Waals surface area contributed by atoms with Crippen LogP contribution in [0.1, 0.15) is 71.6 Å². The van der Waals surface area contributed by atoms with Crippen LogP contribution in [0.4, 0.5) is 0 Å². The predicted molar refractivity (Wildman–Crippen MR) is 70.6 cm³/mol. The number of hydrogen-bond donors (Lipinski definition) is 1. The summed E-state index contributed by atoms with van der Waals surface area (Å²) in [6.45, 7) is 6.14. The number of hydrogen-bond acceptors (Lipinski definition) is 1. The summed E-state index contributed by atoms with van der Waals surface area (Å²) in [4.78, 5) is 0. The fraction of sp³-hybridized carbons (Fsp3) is 1.00. The van der Waals surface area contributed by atoms with E-state index < -0.39 is 0 Å². The Kier molecular flexibility index (Phi) is 4.29. The maximum atomic E-state index is 3.83. The minimum Gasteiger partial charge on any atom is -0.314 e. The van der Waals surface area contributed by atoms with Crippen LogP contribution in [0.3, 0.4) is 0 Å². The summed E-state index contributed by atoms with van der Waals surface area (Å²) in [5.41, 5.74) is 0.614. The van der Waals surface area contributed by atoms with Gasteiger partial charge in [-0.15, -0.1) is 0 Å². The normalized spacial score (nSPS) is 28.1. The molecule has 2 saturated carbocycles. The summed E-state index contributed by atoms with van der Waals surface area (Å²) in [5.74, 6) is 0.990. The molecular weight excluding hydrogens is 194 g/mol. The second kappa shape index (κ2) is 5.53. The van der Waals surface area contributed by atoms with Gasteiger partial charge in [0.15, 0.2) is 0 Å². The van der Waals surface area contributed by atoms with Crippen LogP contribution >= 0.6 is 0 Å². The standard InChI is InChI=1S/C15H29N/c1-15(2)10-8-14(9-11-15)16-12-13-6-4-3-5-7-13/h13-14,16H,3-12H2,1-2H3. The van der Waals surface area contributed by atoms with E-state index in [4.69, 9.17) is 0 Å². The molecule has 2 fully saturated rings. The zero-order valence-electron chi connectivity index (χ0n) is 11.2. The highest BCUT2D eigenvalue weighted by Crippen LogP contribution is 2.35. The van der Waals surface area contributed by atoms with E-state index in [9.17, 15) is 0 Å². The van der Waals surface area contributed by atoms with Gasteiger partial charge in [0.2, 0.25) is 0 Å². The van der Waals surface area contributed by atoms with Gasteiger partial charge in [0.1, 0.15) is 0 Å². The van der Waals surface area contributed by atoms with E-state index in [0.29, 0.717) is 5.41 Å². The maximum absolute atomic E-state index is 3.83. The van der Waals surface area contributed by atoms with Crippen molar-refractivity contribution in [2.45, 2.75) is 77.7 Å². The van der Waals surface area contributed by atoms with Gasteiger partial charge < -0.3 is 5.32 Å². The first-order valence-corrected chi connectivity index (χ1v) is 7.39. The molecule has 1 N–H and O–H groups in total. The lowest BCUT2D eigenvalue weighted by molar-refractivity contribution is 0.198. The molecule has 0 aromatic carbocycles. The van der Waals surface area contributed by atoms with E-state index in [1.807, 2.05) is 0 Å². The molecule has 0 saturated heterocycles. The lowest BCUT2D eigenvalue weighted by atomic mass is 9.75. The summed E-state index contributed by atoms with van der Waals surface area (Å²) in [5, 5.41) is 3.83. The Hall–Kier alpha value is -0.0400. The maximum Gasteiger partial charge on any atom is 0.00675 e. The largest absolute Gasteiger partial charge is 0.314 e. The van der Waals surface area contributed by atoms with Gasteiger partial charge in [-0.3, -0.25) is 0 Å². The van der Waals surface area contributed by atoms with E-state index in [0.717, 1.165) is 12.0 Å². The van der Waals surface area contributed by atoms with Crippen LogP contribution in [0.5, 0.6) is 0 Å². The topological polar surface area (TPSA) is 12.0 Å². The second-order valence-electron chi connectivity index (χ2n) is 6.85. The smallest absolute Gasteiger partial charge is 0.00675 e. The molecule has 0 aromatic rings. The second-order valence-corrected chi connectivity index (χ2v) is 6.85. The van der Waals surface area contributed by atoms with Gasteiger partial charge in [-0.05, 0) is 56.4 Å². The summed E-state index contributed by atoms with van der Waals surface area (Å²) in [6.07, 6.45) is 13.0. The minimum atomic E-state index is 0.614. The summed E-state index contributed by atoms with van der Waals surface area (Å²) < 4.78 is 0. The molecule has 0 aromatic heterocycles. The van der Waals surface area contributed by atoms with E-state index in [2.05, 4.69) is 19.2 Å². The average molecular weight is 223 g/mol. The zero-order chi connectivity index (χ0) is 11.4. The SMILES string of the molecule is CC1(C)CCC(NCC2CCCCC2)CC1. The summed E-state index contributed by atoms with van der Waals surface area (Å²) in [7, 11) is 0. The van der Waals surface area contributed by atoms with Gasteiger partial charge in [0.05, 0.1) is 0 Å². The molecule has 0 aliphatic heterocycles. The lowest BCUT2D eigenvalue weighted by Crippen LogP contribution is -2.38. The Bertz CT molecular complexity index is 193. The third kappa shape index (κ3) is 3.76.